The number of benzene rings is 2. The molecule has 6 heteroatoms. The van der Waals surface area contributed by atoms with Crippen LogP contribution in [0.3, 0.4) is 0 Å². The molecule has 1 heterocycles. The molecular formula is C22H25FN2O2S. The van der Waals surface area contributed by atoms with Gasteiger partial charge in [0.25, 0.3) is 0 Å². The fourth-order valence-corrected chi connectivity index (χ4v) is 4.07. The van der Waals surface area contributed by atoms with Crippen molar-refractivity contribution in [2.75, 3.05) is 25.4 Å². The predicted molar refractivity (Wildman–Crippen MR) is 110 cm³/mol. The maximum Gasteiger partial charge on any atom is 0.225 e. The Kier molecular flexibility index (Phi) is 7.48. The minimum atomic E-state index is -0.256. The van der Waals surface area contributed by atoms with Gasteiger partial charge in [0.2, 0.25) is 11.8 Å². The summed E-state index contributed by atoms with van der Waals surface area (Å²) in [7, 11) is 0. The lowest BCUT2D eigenvalue weighted by molar-refractivity contribution is -0.129. The quantitative estimate of drug-likeness (QED) is 0.518. The van der Waals surface area contributed by atoms with Crippen LogP contribution in [0.2, 0.25) is 0 Å². The van der Waals surface area contributed by atoms with Gasteiger partial charge in [-0.05, 0) is 48.4 Å². The van der Waals surface area contributed by atoms with Gasteiger partial charge >= 0.3 is 0 Å². The number of thioether (sulfide) groups is 1. The van der Waals surface area contributed by atoms with Crippen LogP contribution < -0.4 is 5.32 Å². The number of amides is 2. The summed E-state index contributed by atoms with van der Waals surface area (Å²) >= 11 is 1.64. The number of rotatable bonds is 9. The van der Waals surface area contributed by atoms with Crippen LogP contribution in [0.25, 0.3) is 0 Å². The predicted octanol–water partition coefficient (Wildman–Crippen LogP) is 3.52. The third-order valence-electron chi connectivity index (χ3n) is 4.80. The van der Waals surface area contributed by atoms with E-state index in [2.05, 4.69) is 17.4 Å². The van der Waals surface area contributed by atoms with E-state index in [0.29, 0.717) is 26.1 Å². The Morgan fingerprint density at radius 1 is 1.14 bits per heavy atom. The van der Waals surface area contributed by atoms with Gasteiger partial charge < -0.3 is 10.2 Å². The van der Waals surface area contributed by atoms with E-state index in [1.807, 2.05) is 18.2 Å². The highest BCUT2D eigenvalue weighted by atomic mass is 32.2. The zero-order chi connectivity index (χ0) is 19.8. The van der Waals surface area contributed by atoms with Gasteiger partial charge in [-0.3, -0.25) is 9.59 Å². The first-order valence-corrected chi connectivity index (χ1v) is 10.6. The van der Waals surface area contributed by atoms with E-state index in [1.165, 1.54) is 17.7 Å². The Bertz CT molecular complexity index is 783. The molecule has 1 fully saturated rings. The van der Waals surface area contributed by atoms with Crippen molar-refractivity contribution in [1.29, 1.82) is 0 Å². The van der Waals surface area contributed by atoms with Crippen molar-refractivity contribution in [1.82, 2.24) is 10.2 Å². The molecule has 0 bridgehead atoms. The Hall–Kier alpha value is -2.34. The lowest BCUT2D eigenvalue weighted by Gasteiger charge is -2.16. The molecule has 4 nitrogen and oxygen atoms in total. The van der Waals surface area contributed by atoms with E-state index in [-0.39, 0.29) is 23.5 Å². The number of carbonyl (C=O) groups is 2. The second kappa shape index (κ2) is 10.3. The van der Waals surface area contributed by atoms with Gasteiger partial charge in [0, 0.05) is 31.0 Å². The molecule has 1 unspecified atom stereocenters. The molecule has 0 radical (unpaired) electrons. The summed E-state index contributed by atoms with van der Waals surface area (Å²) in [6.45, 7) is 1.74. The summed E-state index contributed by atoms with van der Waals surface area (Å²) in [5.74, 6) is 0.373. The van der Waals surface area contributed by atoms with E-state index in [1.54, 1.807) is 28.8 Å². The molecular weight excluding hydrogens is 375 g/mol. The van der Waals surface area contributed by atoms with E-state index < -0.39 is 0 Å². The van der Waals surface area contributed by atoms with Gasteiger partial charge in [-0.1, -0.05) is 30.3 Å². The summed E-state index contributed by atoms with van der Waals surface area (Å²) in [5.41, 5.74) is 1.20. The molecule has 1 saturated heterocycles. The Balaban J connectivity index is 1.33. The van der Waals surface area contributed by atoms with Crippen molar-refractivity contribution in [2.45, 2.75) is 24.2 Å². The Morgan fingerprint density at radius 3 is 2.64 bits per heavy atom. The van der Waals surface area contributed by atoms with Crippen molar-refractivity contribution in [2.24, 2.45) is 5.92 Å². The molecule has 1 aliphatic rings. The van der Waals surface area contributed by atoms with Gasteiger partial charge in [0.15, 0.2) is 0 Å². The molecule has 3 rings (SSSR count). The number of nitrogens with one attached hydrogen (secondary N) is 1. The average Bonchev–Trinajstić information content (AvgIpc) is 3.09. The number of hydrogen-bond acceptors (Lipinski definition) is 3. The molecule has 0 aromatic heterocycles. The van der Waals surface area contributed by atoms with Gasteiger partial charge in [-0.15, -0.1) is 11.8 Å². The molecule has 1 aliphatic heterocycles. The highest BCUT2D eigenvalue weighted by Gasteiger charge is 2.33. The van der Waals surface area contributed by atoms with Crippen LogP contribution in [0.5, 0.6) is 0 Å². The van der Waals surface area contributed by atoms with Crippen molar-refractivity contribution in [3.63, 3.8) is 0 Å². The lowest BCUT2D eigenvalue weighted by atomic mass is 10.1. The first kappa shape index (κ1) is 20.4. The van der Waals surface area contributed by atoms with Crippen LogP contribution in [-0.4, -0.2) is 42.1 Å². The molecule has 2 aromatic rings. The highest BCUT2D eigenvalue weighted by Crippen LogP contribution is 2.20. The Labute approximate surface area is 169 Å². The zero-order valence-electron chi connectivity index (χ0n) is 15.8. The lowest BCUT2D eigenvalue weighted by Crippen LogP contribution is -2.34. The first-order valence-electron chi connectivity index (χ1n) is 9.59. The molecule has 0 saturated carbocycles. The summed E-state index contributed by atoms with van der Waals surface area (Å²) < 4.78 is 12.9. The van der Waals surface area contributed by atoms with Crippen molar-refractivity contribution in [3.05, 3.63) is 66.0 Å². The second-order valence-corrected chi connectivity index (χ2v) is 8.09. The van der Waals surface area contributed by atoms with Crippen LogP contribution in [0, 0.1) is 11.7 Å². The minimum absolute atomic E-state index is 0.0395. The van der Waals surface area contributed by atoms with Gasteiger partial charge in [0.05, 0.1) is 5.92 Å². The van der Waals surface area contributed by atoms with Gasteiger partial charge in [-0.25, -0.2) is 4.39 Å². The van der Waals surface area contributed by atoms with E-state index in [0.717, 1.165) is 23.5 Å². The van der Waals surface area contributed by atoms with Gasteiger partial charge in [0.1, 0.15) is 5.82 Å². The topological polar surface area (TPSA) is 49.4 Å². The summed E-state index contributed by atoms with van der Waals surface area (Å²) in [4.78, 5) is 27.3. The van der Waals surface area contributed by atoms with E-state index in [9.17, 15) is 14.0 Å². The van der Waals surface area contributed by atoms with Crippen LogP contribution in [0.15, 0.2) is 59.5 Å². The highest BCUT2D eigenvalue weighted by molar-refractivity contribution is 7.99. The summed E-state index contributed by atoms with van der Waals surface area (Å²) in [6, 6.07) is 16.5. The second-order valence-electron chi connectivity index (χ2n) is 6.92. The van der Waals surface area contributed by atoms with Crippen LogP contribution >= 0.6 is 11.8 Å². The molecule has 28 heavy (non-hydrogen) atoms. The fraction of sp³-hybridized carbons (Fsp3) is 0.364. The van der Waals surface area contributed by atoms with Crippen LogP contribution in [0.1, 0.15) is 18.4 Å². The third-order valence-corrected chi connectivity index (χ3v) is 5.90. The number of carbonyl (C=O) groups excluding carboxylic acids is 2. The maximum atomic E-state index is 12.9. The first-order chi connectivity index (χ1) is 13.6. The number of nitrogens with zero attached hydrogens (tertiary/aromatic N) is 1. The maximum absolute atomic E-state index is 12.9. The zero-order valence-corrected chi connectivity index (χ0v) is 16.6. The van der Waals surface area contributed by atoms with Crippen molar-refractivity contribution < 1.29 is 14.0 Å². The smallest absolute Gasteiger partial charge is 0.225 e. The van der Waals surface area contributed by atoms with Crippen LogP contribution in [-0.2, 0) is 16.0 Å². The standard InChI is InChI=1S/C22H25FN2O2S/c23-19-7-9-20(10-8-19)28-14-4-12-24-22(27)18-15-21(26)25(16-18)13-11-17-5-2-1-3-6-17/h1-3,5-10,18H,4,11-16H2,(H,24,27). The van der Waals surface area contributed by atoms with Gasteiger partial charge in [-0.2, -0.15) is 0 Å². The van der Waals surface area contributed by atoms with Crippen molar-refractivity contribution >= 4 is 23.6 Å². The Morgan fingerprint density at radius 2 is 1.89 bits per heavy atom. The average molecular weight is 401 g/mol. The van der Waals surface area contributed by atoms with E-state index in [4.69, 9.17) is 0 Å². The molecule has 1 atom stereocenters. The molecule has 0 spiro atoms. The molecule has 2 amide bonds. The van der Waals surface area contributed by atoms with Crippen molar-refractivity contribution in [3.8, 4) is 0 Å². The summed E-state index contributed by atoms with van der Waals surface area (Å²) in [5, 5.41) is 2.94. The minimum Gasteiger partial charge on any atom is -0.356 e. The number of likely N-dealkylation sites (tertiary alicyclic amines) is 1. The third kappa shape index (κ3) is 6.09. The molecule has 1 N–H and O–H groups in total. The molecule has 148 valence electrons. The largest absolute Gasteiger partial charge is 0.356 e. The SMILES string of the molecule is O=C(NCCCSc1ccc(F)cc1)C1CC(=O)N(CCc2ccccc2)C1. The van der Waals surface area contributed by atoms with E-state index >= 15 is 0 Å². The monoisotopic (exact) mass is 400 g/mol. The fourth-order valence-electron chi connectivity index (χ4n) is 3.22. The van der Waals surface area contributed by atoms with Crippen LogP contribution in [0.4, 0.5) is 4.39 Å². The summed E-state index contributed by atoms with van der Waals surface area (Å²) in [6.07, 6.45) is 1.93. The normalized spacial score (nSPS) is 16.4. The molecule has 2 aromatic carbocycles. The number of halogens is 1. The number of hydrogen-bond donors (Lipinski definition) is 1. The molecule has 0 aliphatic carbocycles.